The Hall–Kier alpha value is -3.39. The van der Waals surface area contributed by atoms with Gasteiger partial charge in [-0.3, -0.25) is 4.79 Å². The molecule has 8 heteroatoms. The summed E-state index contributed by atoms with van der Waals surface area (Å²) in [5, 5.41) is 13.5. The molecule has 2 atom stereocenters. The third-order valence-corrected chi connectivity index (χ3v) is 5.98. The number of pyridine rings is 1. The third kappa shape index (κ3) is 5.26. The van der Waals surface area contributed by atoms with Crippen LogP contribution in [0.25, 0.3) is 5.57 Å². The van der Waals surface area contributed by atoms with Crippen molar-refractivity contribution < 1.29 is 9.53 Å². The van der Waals surface area contributed by atoms with Crippen LogP contribution in [0.3, 0.4) is 0 Å². The number of benzene rings is 1. The molecular weight excluding hydrogens is 404 g/mol. The maximum Gasteiger partial charge on any atom is 0.255 e. The highest BCUT2D eigenvalue weighted by Crippen LogP contribution is 2.25. The normalized spacial score (nSPS) is 18.7. The van der Waals surface area contributed by atoms with E-state index < -0.39 is 0 Å². The fourth-order valence-corrected chi connectivity index (χ4v) is 3.89. The Morgan fingerprint density at radius 3 is 2.75 bits per heavy atom. The monoisotopic (exact) mass is 436 g/mol. The molecule has 1 amide bonds. The Morgan fingerprint density at radius 2 is 2.06 bits per heavy atom. The average molecular weight is 437 g/mol. The molecule has 32 heavy (non-hydrogen) atoms. The number of aromatic nitrogens is 1. The van der Waals surface area contributed by atoms with Gasteiger partial charge in [0.15, 0.2) is 0 Å². The van der Waals surface area contributed by atoms with Gasteiger partial charge in [0.2, 0.25) is 0 Å². The van der Waals surface area contributed by atoms with Crippen molar-refractivity contribution in [2.24, 2.45) is 5.73 Å². The number of amides is 1. The van der Waals surface area contributed by atoms with E-state index in [-0.39, 0.29) is 29.4 Å². The Labute approximate surface area is 188 Å². The van der Waals surface area contributed by atoms with E-state index in [2.05, 4.69) is 47.7 Å². The molecule has 7 N–H and O–H groups in total. The molecule has 0 unspecified atom stereocenters. The molecule has 0 radical (unpaired) electrons. The highest BCUT2D eigenvalue weighted by Gasteiger charge is 2.30. The minimum absolute atomic E-state index is 0.0603. The number of nitrogens with zero attached hydrogens (tertiary/aromatic N) is 1. The quantitative estimate of drug-likeness (QED) is 0.403. The lowest BCUT2D eigenvalue weighted by atomic mass is 10.1. The Bertz CT molecular complexity index is 1030. The van der Waals surface area contributed by atoms with Gasteiger partial charge in [0.25, 0.3) is 5.91 Å². The molecule has 0 spiro atoms. The summed E-state index contributed by atoms with van der Waals surface area (Å²) in [4.78, 5) is 17.2. The molecular formula is C24H32N6O2. The van der Waals surface area contributed by atoms with Gasteiger partial charge in [0.1, 0.15) is 11.6 Å². The summed E-state index contributed by atoms with van der Waals surface area (Å²) in [7, 11) is 1.66. The predicted octanol–water partition coefficient (Wildman–Crippen LogP) is 2.64. The van der Waals surface area contributed by atoms with Crippen molar-refractivity contribution in [3.05, 3.63) is 64.1 Å². The number of carbonyl (C=O) groups excluding carboxylic acids is 1. The Balaban J connectivity index is 1.71. The molecule has 1 fully saturated rings. The smallest absolute Gasteiger partial charge is 0.255 e. The van der Waals surface area contributed by atoms with Crippen LogP contribution in [0, 0.1) is 19.3 Å². The minimum Gasteiger partial charge on any atom is -0.385 e. The number of aryl methyl sites for hydroxylation is 2. The van der Waals surface area contributed by atoms with Gasteiger partial charge < -0.3 is 32.2 Å². The van der Waals surface area contributed by atoms with Crippen molar-refractivity contribution in [3.8, 4) is 0 Å². The maximum absolute atomic E-state index is 13.0. The van der Waals surface area contributed by atoms with Crippen LogP contribution < -0.4 is 22.1 Å². The van der Waals surface area contributed by atoms with E-state index >= 15 is 0 Å². The lowest BCUT2D eigenvalue weighted by Crippen LogP contribution is -2.41. The molecule has 1 aromatic carbocycles. The molecule has 2 aromatic rings. The SMILES string of the molecule is CN/C(N)=C(\C=N)c1cnc(N)c(C(=O)N[C@H]2CCC[C@@H]2OCc2ccc(C)c(C)c2)c1. The van der Waals surface area contributed by atoms with E-state index in [1.807, 2.05) is 0 Å². The lowest BCUT2D eigenvalue weighted by molar-refractivity contribution is 0.0272. The van der Waals surface area contributed by atoms with Gasteiger partial charge in [-0.15, -0.1) is 0 Å². The van der Waals surface area contributed by atoms with Crippen LogP contribution in [0.15, 0.2) is 36.3 Å². The molecule has 0 saturated heterocycles. The van der Waals surface area contributed by atoms with Gasteiger partial charge in [-0.05, 0) is 55.9 Å². The molecule has 8 nitrogen and oxygen atoms in total. The summed E-state index contributed by atoms with van der Waals surface area (Å²) in [5.41, 5.74) is 16.8. The molecule has 1 aliphatic rings. The van der Waals surface area contributed by atoms with Crippen molar-refractivity contribution in [3.63, 3.8) is 0 Å². The number of nitrogens with one attached hydrogen (secondary N) is 3. The van der Waals surface area contributed by atoms with E-state index in [1.54, 1.807) is 13.1 Å². The molecule has 0 aliphatic heterocycles. The summed E-state index contributed by atoms with van der Waals surface area (Å²) in [6.07, 6.45) is 5.28. The zero-order valence-electron chi connectivity index (χ0n) is 18.9. The molecule has 170 valence electrons. The molecule has 1 heterocycles. The van der Waals surface area contributed by atoms with E-state index in [1.165, 1.54) is 17.3 Å². The number of ether oxygens (including phenoxy) is 1. The zero-order valence-corrected chi connectivity index (χ0v) is 18.9. The maximum atomic E-state index is 13.0. The molecule has 3 rings (SSSR count). The van der Waals surface area contributed by atoms with Crippen LogP contribution in [-0.4, -0.2) is 36.3 Å². The van der Waals surface area contributed by atoms with Crippen LogP contribution in [-0.2, 0) is 11.3 Å². The van der Waals surface area contributed by atoms with E-state index in [9.17, 15) is 4.79 Å². The minimum atomic E-state index is -0.309. The molecule has 1 aliphatic carbocycles. The average Bonchev–Trinajstić information content (AvgIpc) is 3.22. The second kappa shape index (κ2) is 10.3. The third-order valence-electron chi connectivity index (χ3n) is 5.98. The summed E-state index contributed by atoms with van der Waals surface area (Å²) >= 11 is 0. The van der Waals surface area contributed by atoms with Gasteiger partial charge in [-0.1, -0.05) is 18.2 Å². The Kier molecular flexibility index (Phi) is 7.48. The van der Waals surface area contributed by atoms with E-state index in [0.29, 0.717) is 23.6 Å². The van der Waals surface area contributed by atoms with Crippen molar-refractivity contribution >= 4 is 23.5 Å². The molecule has 1 saturated carbocycles. The van der Waals surface area contributed by atoms with Crippen LogP contribution in [0.5, 0.6) is 0 Å². The van der Waals surface area contributed by atoms with Gasteiger partial charge in [-0.2, -0.15) is 0 Å². The fraction of sp³-hybridized carbons (Fsp3) is 0.375. The molecule has 1 aromatic heterocycles. The number of hydrogen-bond donors (Lipinski definition) is 5. The number of allylic oxidation sites excluding steroid dienone is 1. The molecule has 0 bridgehead atoms. The van der Waals surface area contributed by atoms with Gasteiger partial charge in [-0.25, -0.2) is 4.98 Å². The highest BCUT2D eigenvalue weighted by molar-refractivity contribution is 6.10. The van der Waals surface area contributed by atoms with Crippen molar-refractivity contribution in [1.29, 1.82) is 5.41 Å². The standard InChI is InChI=1S/C24H32N6O2/c1-14-7-8-16(9-15(14)2)13-32-21-6-4-5-20(21)30-24(31)18-10-17(12-29-23(18)27)19(11-25)22(26)28-3/h7-12,20-21,25,28H,4-6,13,26H2,1-3H3,(H2,27,29)(H,30,31)/b22-19+,25-11?/t20-,21-/m0/s1. The topological polar surface area (TPSA) is 139 Å². The predicted molar refractivity (Wildman–Crippen MR) is 127 cm³/mol. The number of anilines is 1. The highest BCUT2D eigenvalue weighted by atomic mass is 16.5. The van der Waals surface area contributed by atoms with E-state index in [0.717, 1.165) is 31.0 Å². The van der Waals surface area contributed by atoms with Crippen LogP contribution >= 0.6 is 0 Å². The van der Waals surface area contributed by atoms with Crippen molar-refractivity contribution in [1.82, 2.24) is 15.6 Å². The number of carbonyl (C=O) groups is 1. The van der Waals surface area contributed by atoms with Crippen LogP contribution in [0.1, 0.15) is 51.9 Å². The van der Waals surface area contributed by atoms with Crippen molar-refractivity contribution in [2.45, 2.75) is 51.9 Å². The van der Waals surface area contributed by atoms with Gasteiger partial charge in [0.05, 0.1) is 24.3 Å². The number of hydrogen-bond acceptors (Lipinski definition) is 7. The summed E-state index contributed by atoms with van der Waals surface area (Å²) < 4.78 is 6.17. The second-order valence-corrected chi connectivity index (χ2v) is 8.16. The Morgan fingerprint density at radius 1 is 1.28 bits per heavy atom. The summed E-state index contributed by atoms with van der Waals surface area (Å²) in [6.45, 7) is 4.69. The lowest BCUT2D eigenvalue weighted by Gasteiger charge is -2.22. The first-order valence-corrected chi connectivity index (χ1v) is 10.8. The van der Waals surface area contributed by atoms with Gasteiger partial charge >= 0.3 is 0 Å². The van der Waals surface area contributed by atoms with Crippen molar-refractivity contribution in [2.75, 3.05) is 12.8 Å². The number of nitrogen functional groups attached to an aromatic ring is 1. The zero-order chi connectivity index (χ0) is 23.3. The number of nitrogens with two attached hydrogens (primary N) is 2. The van der Waals surface area contributed by atoms with Crippen LogP contribution in [0.4, 0.5) is 5.82 Å². The largest absolute Gasteiger partial charge is 0.385 e. The summed E-state index contributed by atoms with van der Waals surface area (Å²) in [6, 6.07) is 7.83. The second-order valence-electron chi connectivity index (χ2n) is 8.16. The van der Waals surface area contributed by atoms with Gasteiger partial charge in [0, 0.05) is 30.6 Å². The number of rotatable bonds is 8. The van der Waals surface area contributed by atoms with E-state index in [4.69, 9.17) is 21.6 Å². The van der Waals surface area contributed by atoms with Crippen LogP contribution in [0.2, 0.25) is 0 Å². The first kappa shape index (κ1) is 23.3. The fourth-order valence-electron chi connectivity index (χ4n) is 3.89. The first-order valence-electron chi connectivity index (χ1n) is 10.8. The first-order chi connectivity index (χ1) is 15.3. The summed E-state index contributed by atoms with van der Waals surface area (Å²) in [5.74, 6) is 0.133.